The first-order chi connectivity index (χ1) is 14.0. The smallest absolute Gasteiger partial charge is 0.263 e. The second-order valence-corrected chi connectivity index (χ2v) is 6.64. The molecular weight excluding hydrogens is 388 g/mol. The van der Waals surface area contributed by atoms with E-state index in [1.807, 2.05) is 36.4 Å². The van der Waals surface area contributed by atoms with Crippen molar-refractivity contribution in [3.8, 4) is 11.5 Å². The third-order valence-corrected chi connectivity index (χ3v) is 4.56. The van der Waals surface area contributed by atoms with Crippen LogP contribution in [0.3, 0.4) is 0 Å². The largest absolute Gasteiger partial charge is 0.497 e. The van der Waals surface area contributed by atoms with Gasteiger partial charge in [0.05, 0.1) is 25.6 Å². The SMILES string of the molecule is COc1ccc(N=C(C)N(C(=O)c2ccc(Cl)cc2)c2ccc(OC)cc2)cc1. The Morgan fingerprint density at radius 3 is 1.86 bits per heavy atom. The molecule has 0 aliphatic carbocycles. The number of anilines is 1. The van der Waals surface area contributed by atoms with Gasteiger partial charge < -0.3 is 9.47 Å². The third kappa shape index (κ3) is 4.95. The van der Waals surface area contributed by atoms with Crippen LogP contribution in [0.25, 0.3) is 0 Å². The van der Waals surface area contributed by atoms with Crippen LogP contribution in [0.2, 0.25) is 5.02 Å². The number of amidine groups is 1. The molecule has 3 rings (SSSR count). The number of carbonyl (C=O) groups excluding carboxylic acids is 1. The van der Waals surface area contributed by atoms with Gasteiger partial charge in [0.2, 0.25) is 0 Å². The number of rotatable bonds is 5. The molecule has 0 atom stereocenters. The minimum atomic E-state index is -0.207. The molecule has 0 radical (unpaired) electrons. The fourth-order valence-corrected chi connectivity index (χ4v) is 2.92. The highest BCUT2D eigenvalue weighted by Crippen LogP contribution is 2.24. The fourth-order valence-electron chi connectivity index (χ4n) is 2.80. The van der Waals surface area contributed by atoms with E-state index in [0.717, 1.165) is 5.75 Å². The molecule has 0 N–H and O–H groups in total. The van der Waals surface area contributed by atoms with Crippen LogP contribution in [0, 0.1) is 0 Å². The highest BCUT2D eigenvalue weighted by molar-refractivity contribution is 6.31. The molecule has 0 bridgehead atoms. The summed E-state index contributed by atoms with van der Waals surface area (Å²) in [7, 11) is 3.21. The number of ether oxygens (including phenoxy) is 2. The van der Waals surface area contributed by atoms with Gasteiger partial charge in [-0.25, -0.2) is 4.99 Å². The van der Waals surface area contributed by atoms with E-state index >= 15 is 0 Å². The zero-order valence-electron chi connectivity index (χ0n) is 16.4. The van der Waals surface area contributed by atoms with E-state index in [4.69, 9.17) is 21.1 Å². The van der Waals surface area contributed by atoms with Gasteiger partial charge in [0.15, 0.2) is 0 Å². The van der Waals surface area contributed by atoms with Crippen LogP contribution in [0.5, 0.6) is 11.5 Å². The number of hydrogen-bond donors (Lipinski definition) is 0. The van der Waals surface area contributed by atoms with Crippen molar-refractivity contribution in [3.63, 3.8) is 0 Å². The van der Waals surface area contributed by atoms with Crippen molar-refractivity contribution in [1.29, 1.82) is 0 Å². The van der Waals surface area contributed by atoms with Crippen molar-refractivity contribution in [1.82, 2.24) is 0 Å². The third-order valence-electron chi connectivity index (χ3n) is 4.31. The van der Waals surface area contributed by atoms with E-state index in [-0.39, 0.29) is 5.91 Å². The Morgan fingerprint density at radius 1 is 0.828 bits per heavy atom. The molecule has 0 aromatic heterocycles. The molecule has 148 valence electrons. The molecule has 0 saturated heterocycles. The molecule has 6 heteroatoms. The van der Waals surface area contributed by atoms with Gasteiger partial charge in [-0.05, 0) is 79.7 Å². The Morgan fingerprint density at radius 2 is 1.34 bits per heavy atom. The number of amides is 1. The van der Waals surface area contributed by atoms with E-state index in [1.165, 1.54) is 0 Å². The number of carbonyl (C=O) groups is 1. The van der Waals surface area contributed by atoms with Crippen molar-refractivity contribution >= 4 is 34.7 Å². The maximum atomic E-state index is 13.3. The molecule has 0 saturated carbocycles. The van der Waals surface area contributed by atoms with Crippen molar-refractivity contribution in [2.24, 2.45) is 4.99 Å². The molecule has 0 fully saturated rings. The van der Waals surface area contributed by atoms with Gasteiger partial charge in [0.25, 0.3) is 5.91 Å². The van der Waals surface area contributed by atoms with Crippen molar-refractivity contribution in [2.45, 2.75) is 6.92 Å². The van der Waals surface area contributed by atoms with Gasteiger partial charge in [-0.1, -0.05) is 11.6 Å². The number of nitrogens with zero attached hydrogens (tertiary/aromatic N) is 2. The number of aliphatic imine (C=N–C) groups is 1. The molecule has 0 spiro atoms. The minimum Gasteiger partial charge on any atom is -0.497 e. The molecule has 3 aromatic rings. The van der Waals surface area contributed by atoms with E-state index < -0.39 is 0 Å². The van der Waals surface area contributed by atoms with Gasteiger partial charge in [-0.15, -0.1) is 0 Å². The Bertz CT molecular complexity index is 998. The molecule has 0 aliphatic heterocycles. The highest BCUT2D eigenvalue weighted by Gasteiger charge is 2.21. The van der Waals surface area contributed by atoms with Crippen LogP contribution >= 0.6 is 11.6 Å². The van der Waals surface area contributed by atoms with E-state index in [0.29, 0.717) is 33.5 Å². The van der Waals surface area contributed by atoms with E-state index in [1.54, 1.807) is 62.4 Å². The topological polar surface area (TPSA) is 51.1 Å². The average Bonchev–Trinajstić information content (AvgIpc) is 2.75. The minimum absolute atomic E-state index is 0.207. The van der Waals surface area contributed by atoms with Crippen molar-refractivity contribution in [3.05, 3.63) is 83.4 Å². The fraction of sp³-hybridized carbons (Fsp3) is 0.130. The summed E-state index contributed by atoms with van der Waals surface area (Å²) in [4.78, 5) is 19.5. The molecule has 1 amide bonds. The molecule has 0 heterocycles. The Kier molecular flexibility index (Phi) is 6.52. The summed E-state index contributed by atoms with van der Waals surface area (Å²) in [5.41, 5.74) is 1.90. The van der Waals surface area contributed by atoms with Crippen LogP contribution in [0.4, 0.5) is 11.4 Å². The standard InChI is InChI=1S/C23H21ClN2O3/c1-16(25-19-8-12-21(28-2)13-9-19)26(20-10-14-22(29-3)15-11-20)23(27)17-4-6-18(24)7-5-17/h4-15H,1-3H3. The van der Waals surface area contributed by atoms with E-state index in [2.05, 4.69) is 4.99 Å². The van der Waals surface area contributed by atoms with Crippen molar-refractivity contribution in [2.75, 3.05) is 19.1 Å². The second kappa shape index (κ2) is 9.26. The maximum absolute atomic E-state index is 13.3. The highest BCUT2D eigenvalue weighted by atomic mass is 35.5. The average molecular weight is 409 g/mol. The van der Waals surface area contributed by atoms with Gasteiger partial charge in [-0.3, -0.25) is 9.69 Å². The first kappa shape index (κ1) is 20.4. The predicted octanol–water partition coefficient (Wildman–Crippen LogP) is 5.75. The summed E-state index contributed by atoms with van der Waals surface area (Å²) >= 11 is 5.97. The summed E-state index contributed by atoms with van der Waals surface area (Å²) in [6.45, 7) is 1.79. The van der Waals surface area contributed by atoms with Crippen LogP contribution < -0.4 is 14.4 Å². The normalized spacial score (nSPS) is 11.1. The lowest BCUT2D eigenvalue weighted by molar-refractivity contribution is 0.100. The Balaban J connectivity index is 2.01. The maximum Gasteiger partial charge on any atom is 0.263 e. The van der Waals surface area contributed by atoms with Crippen LogP contribution in [0.15, 0.2) is 77.8 Å². The zero-order chi connectivity index (χ0) is 20.8. The second-order valence-electron chi connectivity index (χ2n) is 6.20. The van der Waals surface area contributed by atoms with Crippen LogP contribution in [-0.2, 0) is 0 Å². The zero-order valence-corrected chi connectivity index (χ0v) is 17.2. The number of halogens is 1. The van der Waals surface area contributed by atoms with Crippen LogP contribution in [0.1, 0.15) is 17.3 Å². The van der Waals surface area contributed by atoms with Gasteiger partial charge >= 0.3 is 0 Å². The van der Waals surface area contributed by atoms with Gasteiger partial charge in [0.1, 0.15) is 17.3 Å². The summed E-state index contributed by atoms with van der Waals surface area (Å²) in [5.74, 6) is 1.77. The number of hydrogen-bond acceptors (Lipinski definition) is 4. The Labute approximate surface area is 175 Å². The lowest BCUT2D eigenvalue weighted by Crippen LogP contribution is -2.35. The number of methoxy groups -OCH3 is 2. The number of benzene rings is 3. The summed E-state index contributed by atoms with van der Waals surface area (Å²) in [5, 5.41) is 0.571. The monoisotopic (exact) mass is 408 g/mol. The lowest BCUT2D eigenvalue weighted by atomic mass is 10.1. The van der Waals surface area contributed by atoms with Crippen molar-refractivity contribution < 1.29 is 14.3 Å². The van der Waals surface area contributed by atoms with Crippen LogP contribution in [-0.4, -0.2) is 26.0 Å². The summed E-state index contributed by atoms with van der Waals surface area (Å²) < 4.78 is 10.4. The molecular formula is C23H21ClN2O3. The molecule has 29 heavy (non-hydrogen) atoms. The molecule has 0 unspecified atom stereocenters. The molecule has 0 aliphatic rings. The quantitative estimate of drug-likeness (QED) is 0.398. The van der Waals surface area contributed by atoms with Gasteiger partial charge in [-0.2, -0.15) is 0 Å². The molecule has 3 aromatic carbocycles. The molecule has 5 nitrogen and oxygen atoms in total. The first-order valence-corrected chi connectivity index (χ1v) is 9.33. The van der Waals surface area contributed by atoms with Gasteiger partial charge in [0, 0.05) is 10.6 Å². The first-order valence-electron chi connectivity index (χ1n) is 8.95. The summed E-state index contributed by atoms with van der Waals surface area (Å²) in [6.07, 6.45) is 0. The Hall–Kier alpha value is -3.31. The van der Waals surface area contributed by atoms with E-state index in [9.17, 15) is 4.79 Å². The lowest BCUT2D eigenvalue weighted by Gasteiger charge is -2.23. The predicted molar refractivity (Wildman–Crippen MR) is 117 cm³/mol. The summed E-state index contributed by atoms with van der Waals surface area (Å²) in [6, 6.07) is 21.3.